The molecule has 1 aromatic heterocycles. The fourth-order valence-electron chi connectivity index (χ4n) is 2.74. The Morgan fingerprint density at radius 1 is 1.24 bits per heavy atom. The maximum atomic E-state index is 12.3. The van der Waals surface area contributed by atoms with Gasteiger partial charge in [0, 0.05) is 32.6 Å². The molecule has 7 nitrogen and oxygen atoms in total. The minimum absolute atomic E-state index is 0.0260. The van der Waals surface area contributed by atoms with E-state index < -0.39 is 0 Å². The van der Waals surface area contributed by atoms with Gasteiger partial charge in [0.2, 0.25) is 11.8 Å². The molecule has 3 heterocycles. The van der Waals surface area contributed by atoms with E-state index in [2.05, 4.69) is 20.4 Å². The van der Waals surface area contributed by atoms with Gasteiger partial charge in [-0.1, -0.05) is 0 Å². The van der Waals surface area contributed by atoms with E-state index >= 15 is 0 Å². The Morgan fingerprint density at radius 3 is 2.57 bits per heavy atom. The van der Waals surface area contributed by atoms with E-state index in [1.807, 2.05) is 24.0 Å². The molecule has 21 heavy (non-hydrogen) atoms. The minimum atomic E-state index is -0.330. The Bertz CT molecular complexity index is 537. The summed E-state index contributed by atoms with van der Waals surface area (Å²) in [6.07, 6.45) is 1.07. The summed E-state index contributed by atoms with van der Waals surface area (Å²) >= 11 is 0. The van der Waals surface area contributed by atoms with Gasteiger partial charge in [0.1, 0.15) is 6.04 Å². The van der Waals surface area contributed by atoms with Crippen molar-refractivity contribution >= 4 is 17.6 Å². The van der Waals surface area contributed by atoms with Crippen molar-refractivity contribution in [2.45, 2.75) is 25.8 Å². The zero-order chi connectivity index (χ0) is 14.8. The number of hydrogen-bond donors (Lipinski definition) is 1. The minimum Gasteiger partial charge on any atom is -0.352 e. The lowest BCUT2D eigenvalue weighted by Crippen LogP contribution is -2.53. The Morgan fingerprint density at radius 2 is 2.00 bits per heavy atom. The molecule has 0 spiro atoms. The molecule has 3 rings (SSSR count). The third kappa shape index (κ3) is 2.96. The molecule has 2 aliphatic rings. The number of carbonyl (C=O) groups is 2. The number of nitrogens with zero attached hydrogens (tertiary/aromatic N) is 4. The monoisotopic (exact) mass is 289 g/mol. The van der Waals surface area contributed by atoms with Gasteiger partial charge in [0.15, 0.2) is 5.82 Å². The van der Waals surface area contributed by atoms with Crippen molar-refractivity contribution in [1.82, 2.24) is 20.4 Å². The second-order valence-corrected chi connectivity index (χ2v) is 5.50. The highest BCUT2D eigenvalue weighted by molar-refractivity contribution is 5.90. The van der Waals surface area contributed by atoms with Crippen LogP contribution in [0.15, 0.2) is 12.1 Å². The van der Waals surface area contributed by atoms with Crippen molar-refractivity contribution in [3.05, 3.63) is 17.8 Å². The lowest BCUT2D eigenvalue weighted by Gasteiger charge is -2.36. The molecule has 2 amide bonds. The fourth-order valence-corrected chi connectivity index (χ4v) is 2.74. The summed E-state index contributed by atoms with van der Waals surface area (Å²) < 4.78 is 0. The fraction of sp³-hybridized carbons (Fsp3) is 0.571. The van der Waals surface area contributed by atoms with Crippen LogP contribution >= 0.6 is 0 Å². The number of amides is 2. The summed E-state index contributed by atoms with van der Waals surface area (Å²) in [6.45, 7) is 4.69. The van der Waals surface area contributed by atoms with Crippen LogP contribution in [0.1, 0.15) is 18.5 Å². The van der Waals surface area contributed by atoms with Crippen LogP contribution in [-0.2, 0) is 9.59 Å². The molecule has 2 aliphatic heterocycles. The number of carbonyl (C=O) groups excluding carboxylic acids is 2. The first-order valence-electron chi connectivity index (χ1n) is 7.27. The SMILES string of the molecule is Cc1ccc(N2CCN(C(=O)C3CCC(=O)N3)CC2)nn1. The number of rotatable bonds is 2. The van der Waals surface area contributed by atoms with E-state index in [1.54, 1.807) is 0 Å². The third-order valence-electron chi connectivity index (χ3n) is 3.99. The van der Waals surface area contributed by atoms with Gasteiger partial charge < -0.3 is 15.1 Å². The summed E-state index contributed by atoms with van der Waals surface area (Å²) in [4.78, 5) is 27.5. The quantitative estimate of drug-likeness (QED) is 0.809. The molecule has 0 aliphatic carbocycles. The number of piperazine rings is 1. The van der Waals surface area contributed by atoms with Gasteiger partial charge in [-0.25, -0.2) is 0 Å². The molecule has 112 valence electrons. The van der Waals surface area contributed by atoms with Crippen LogP contribution in [0.25, 0.3) is 0 Å². The van der Waals surface area contributed by atoms with Crippen molar-refractivity contribution in [2.24, 2.45) is 0 Å². The van der Waals surface area contributed by atoms with Gasteiger partial charge in [-0.2, -0.15) is 5.10 Å². The summed E-state index contributed by atoms with van der Waals surface area (Å²) in [7, 11) is 0. The molecule has 1 N–H and O–H groups in total. The smallest absolute Gasteiger partial charge is 0.245 e. The third-order valence-corrected chi connectivity index (χ3v) is 3.99. The van der Waals surface area contributed by atoms with Crippen LogP contribution in [0.2, 0.25) is 0 Å². The zero-order valence-corrected chi connectivity index (χ0v) is 12.1. The average molecular weight is 289 g/mol. The Labute approximate surface area is 123 Å². The van der Waals surface area contributed by atoms with Crippen LogP contribution in [0.4, 0.5) is 5.82 Å². The molecule has 1 unspecified atom stereocenters. The molecule has 0 bridgehead atoms. The summed E-state index contributed by atoms with van der Waals surface area (Å²) in [5.41, 5.74) is 0.893. The predicted molar refractivity (Wildman–Crippen MR) is 76.7 cm³/mol. The first-order chi connectivity index (χ1) is 10.1. The van der Waals surface area contributed by atoms with E-state index in [9.17, 15) is 9.59 Å². The maximum absolute atomic E-state index is 12.3. The molecule has 7 heteroatoms. The summed E-state index contributed by atoms with van der Waals surface area (Å²) in [5.74, 6) is 0.860. The second-order valence-electron chi connectivity index (χ2n) is 5.50. The highest BCUT2D eigenvalue weighted by Gasteiger charge is 2.32. The van der Waals surface area contributed by atoms with Crippen molar-refractivity contribution in [3.63, 3.8) is 0 Å². The second kappa shape index (κ2) is 5.67. The van der Waals surface area contributed by atoms with Crippen molar-refractivity contribution in [2.75, 3.05) is 31.1 Å². The predicted octanol–water partition coefficient (Wildman–Crippen LogP) is -0.288. The van der Waals surface area contributed by atoms with Gasteiger partial charge in [-0.05, 0) is 25.5 Å². The van der Waals surface area contributed by atoms with Crippen LogP contribution in [0.5, 0.6) is 0 Å². The van der Waals surface area contributed by atoms with Gasteiger partial charge in [-0.15, -0.1) is 5.10 Å². The molecule has 2 saturated heterocycles. The first-order valence-corrected chi connectivity index (χ1v) is 7.27. The molecule has 0 aromatic carbocycles. The summed E-state index contributed by atoms with van der Waals surface area (Å²) in [5, 5.41) is 11.0. The van der Waals surface area contributed by atoms with Gasteiger partial charge in [0.05, 0.1) is 5.69 Å². The zero-order valence-electron chi connectivity index (χ0n) is 12.1. The first kappa shape index (κ1) is 13.8. The van der Waals surface area contributed by atoms with E-state index in [-0.39, 0.29) is 17.9 Å². The lowest BCUT2D eigenvalue weighted by molar-refractivity contribution is -0.134. The van der Waals surface area contributed by atoms with E-state index in [1.165, 1.54) is 0 Å². The Balaban J connectivity index is 1.56. The van der Waals surface area contributed by atoms with Gasteiger partial charge in [-0.3, -0.25) is 9.59 Å². The molecular formula is C14H19N5O2. The van der Waals surface area contributed by atoms with E-state index in [4.69, 9.17) is 0 Å². The number of aromatic nitrogens is 2. The van der Waals surface area contributed by atoms with Crippen LogP contribution < -0.4 is 10.2 Å². The number of nitrogens with one attached hydrogen (secondary N) is 1. The molecule has 1 atom stereocenters. The highest BCUT2D eigenvalue weighted by atomic mass is 16.2. The number of anilines is 1. The topological polar surface area (TPSA) is 78.4 Å². The molecule has 1 aromatic rings. The van der Waals surface area contributed by atoms with Crippen molar-refractivity contribution < 1.29 is 9.59 Å². The maximum Gasteiger partial charge on any atom is 0.245 e. The Kier molecular flexibility index (Phi) is 3.72. The number of hydrogen-bond acceptors (Lipinski definition) is 5. The number of aryl methyl sites for hydroxylation is 1. The average Bonchev–Trinajstić information content (AvgIpc) is 2.94. The normalized spacial score (nSPS) is 22.3. The Hall–Kier alpha value is -2.18. The lowest BCUT2D eigenvalue weighted by atomic mass is 10.2. The van der Waals surface area contributed by atoms with Crippen LogP contribution in [0.3, 0.4) is 0 Å². The largest absolute Gasteiger partial charge is 0.352 e. The molecule has 0 saturated carbocycles. The van der Waals surface area contributed by atoms with Crippen molar-refractivity contribution in [3.8, 4) is 0 Å². The van der Waals surface area contributed by atoms with Gasteiger partial charge in [0.25, 0.3) is 0 Å². The van der Waals surface area contributed by atoms with Gasteiger partial charge >= 0.3 is 0 Å². The molecule has 2 fully saturated rings. The molecule has 0 radical (unpaired) electrons. The van der Waals surface area contributed by atoms with Crippen LogP contribution in [0, 0.1) is 6.92 Å². The van der Waals surface area contributed by atoms with Crippen LogP contribution in [-0.4, -0.2) is 59.1 Å². The van der Waals surface area contributed by atoms with E-state index in [0.29, 0.717) is 25.9 Å². The van der Waals surface area contributed by atoms with E-state index in [0.717, 1.165) is 24.6 Å². The highest BCUT2D eigenvalue weighted by Crippen LogP contribution is 2.15. The summed E-state index contributed by atoms with van der Waals surface area (Å²) in [6, 6.07) is 3.56. The molecular weight excluding hydrogens is 270 g/mol. The standard InChI is InChI=1S/C14H19N5O2/c1-10-2-4-12(17-16-10)18-6-8-19(9-7-18)14(21)11-3-5-13(20)15-11/h2,4,11H,3,5-9H2,1H3,(H,15,20). The van der Waals surface area contributed by atoms with Crippen molar-refractivity contribution in [1.29, 1.82) is 0 Å².